The average molecular weight is 453 g/mol. The molecule has 0 saturated heterocycles. The first-order valence-electron chi connectivity index (χ1n) is 8.47. The zero-order valence-corrected chi connectivity index (χ0v) is 17.4. The zero-order chi connectivity index (χ0) is 21.0. The Hall–Kier alpha value is -2.61. The molecule has 3 aromatic rings. The lowest BCUT2D eigenvalue weighted by Gasteiger charge is -2.09. The van der Waals surface area contributed by atoms with Gasteiger partial charge in [-0.1, -0.05) is 35.3 Å². The molecule has 1 aromatic heterocycles. The molecule has 0 bridgehead atoms. The van der Waals surface area contributed by atoms with E-state index in [4.69, 9.17) is 27.9 Å². The molecule has 150 valence electrons. The van der Waals surface area contributed by atoms with Gasteiger partial charge in [-0.2, -0.15) is 0 Å². The van der Waals surface area contributed by atoms with Crippen molar-refractivity contribution < 1.29 is 18.7 Å². The van der Waals surface area contributed by atoms with Crippen molar-refractivity contribution in [3.63, 3.8) is 0 Å². The number of carbonyl (C=O) groups excluding carboxylic acids is 2. The summed E-state index contributed by atoms with van der Waals surface area (Å²) in [5.74, 6) is -0.925. The van der Waals surface area contributed by atoms with E-state index < -0.39 is 12.0 Å². The highest BCUT2D eigenvalue weighted by Crippen LogP contribution is 2.35. The van der Waals surface area contributed by atoms with Crippen LogP contribution in [0.2, 0.25) is 10.0 Å². The summed E-state index contributed by atoms with van der Waals surface area (Å²) in [5.41, 5.74) is 1.42. The van der Waals surface area contributed by atoms with Gasteiger partial charge < -0.3 is 15.4 Å². The van der Waals surface area contributed by atoms with E-state index in [0.29, 0.717) is 26.2 Å². The predicted octanol–water partition coefficient (Wildman–Crippen LogP) is 6.68. The number of amides is 2. The van der Waals surface area contributed by atoms with Crippen molar-refractivity contribution in [2.75, 3.05) is 17.2 Å². The molecule has 0 aliphatic carbocycles. The molecule has 0 unspecified atom stereocenters. The maximum atomic E-state index is 13.2. The highest BCUT2D eigenvalue weighted by atomic mass is 35.5. The Balaban J connectivity index is 1.85. The Morgan fingerprint density at radius 3 is 2.41 bits per heavy atom. The van der Waals surface area contributed by atoms with Crippen LogP contribution >= 0.6 is 34.5 Å². The smallest absolute Gasteiger partial charge is 0.350 e. The number of nitrogens with one attached hydrogen (secondary N) is 2. The van der Waals surface area contributed by atoms with Crippen molar-refractivity contribution in [2.24, 2.45) is 0 Å². The lowest BCUT2D eigenvalue weighted by Crippen LogP contribution is -2.20. The third kappa shape index (κ3) is 5.26. The fourth-order valence-corrected chi connectivity index (χ4v) is 3.76. The van der Waals surface area contributed by atoms with Crippen LogP contribution in [0.5, 0.6) is 0 Å². The number of rotatable bonds is 5. The van der Waals surface area contributed by atoms with Crippen LogP contribution < -0.4 is 10.6 Å². The van der Waals surface area contributed by atoms with Gasteiger partial charge in [-0.25, -0.2) is 14.0 Å². The van der Waals surface area contributed by atoms with Crippen LogP contribution in [0.3, 0.4) is 0 Å². The van der Waals surface area contributed by atoms with Crippen LogP contribution in [0.1, 0.15) is 16.6 Å². The number of urea groups is 1. The number of hydrogen-bond donors (Lipinski definition) is 2. The normalized spacial score (nSPS) is 10.5. The minimum Gasteiger partial charge on any atom is -0.462 e. The van der Waals surface area contributed by atoms with Crippen LogP contribution in [0.4, 0.5) is 20.6 Å². The van der Waals surface area contributed by atoms with Gasteiger partial charge in [0.1, 0.15) is 10.7 Å². The van der Waals surface area contributed by atoms with Gasteiger partial charge in [0.2, 0.25) is 0 Å². The summed E-state index contributed by atoms with van der Waals surface area (Å²) < 4.78 is 18.3. The van der Waals surface area contributed by atoms with E-state index in [0.717, 1.165) is 11.3 Å². The van der Waals surface area contributed by atoms with Gasteiger partial charge in [0.15, 0.2) is 0 Å². The van der Waals surface area contributed by atoms with Gasteiger partial charge in [-0.3, -0.25) is 0 Å². The summed E-state index contributed by atoms with van der Waals surface area (Å²) in [4.78, 5) is 25.6. The fourth-order valence-electron chi connectivity index (χ4n) is 2.45. The molecule has 2 N–H and O–H groups in total. The molecule has 0 aliphatic rings. The number of carbonyl (C=O) groups is 2. The maximum Gasteiger partial charge on any atom is 0.350 e. The summed E-state index contributed by atoms with van der Waals surface area (Å²) in [5, 5.41) is 5.93. The number of hydrogen-bond acceptors (Lipinski definition) is 4. The molecule has 5 nitrogen and oxygen atoms in total. The molecule has 9 heteroatoms. The van der Waals surface area contributed by atoms with Gasteiger partial charge in [-0.05, 0) is 48.9 Å². The van der Waals surface area contributed by atoms with Crippen LogP contribution in [0.25, 0.3) is 10.4 Å². The molecule has 0 aliphatic heterocycles. The Labute approximate surface area is 180 Å². The van der Waals surface area contributed by atoms with Crippen LogP contribution in [0, 0.1) is 5.82 Å². The minimum atomic E-state index is -0.572. The standard InChI is InChI=1S/C20H15Cl2FN2O3S/c1-2-28-19(26)18-16(10-17(29-18)11-3-5-12(23)6-4-11)25-20(27)24-13-7-8-14(21)15(22)9-13/h3-10H,2H2,1H3,(H2,24,25,27). The quantitative estimate of drug-likeness (QED) is 0.424. The molecule has 0 fully saturated rings. The van der Waals surface area contributed by atoms with Gasteiger partial charge in [-0.15, -0.1) is 11.3 Å². The van der Waals surface area contributed by atoms with E-state index in [2.05, 4.69) is 10.6 Å². The second-order valence-electron chi connectivity index (χ2n) is 5.79. The van der Waals surface area contributed by atoms with E-state index in [1.807, 2.05) is 0 Å². The summed E-state index contributed by atoms with van der Waals surface area (Å²) in [6.07, 6.45) is 0. The van der Waals surface area contributed by atoms with Crippen molar-refractivity contribution in [3.05, 3.63) is 69.3 Å². The zero-order valence-electron chi connectivity index (χ0n) is 15.1. The summed E-state index contributed by atoms with van der Waals surface area (Å²) >= 11 is 13.0. The van der Waals surface area contributed by atoms with Gasteiger partial charge >= 0.3 is 12.0 Å². The monoisotopic (exact) mass is 452 g/mol. The minimum absolute atomic E-state index is 0.192. The summed E-state index contributed by atoms with van der Waals surface area (Å²) in [6, 6.07) is 11.6. The number of anilines is 2. The molecule has 2 aromatic carbocycles. The molecule has 0 radical (unpaired) electrons. The molecule has 0 atom stereocenters. The Morgan fingerprint density at radius 2 is 1.76 bits per heavy atom. The highest BCUT2D eigenvalue weighted by Gasteiger charge is 2.20. The lowest BCUT2D eigenvalue weighted by molar-refractivity contribution is 0.0533. The van der Waals surface area contributed by atoms with E-state index >= 15 is 0 Å². The topological polar surface area (TPSA) is 67.4 Å². The molecule has 0 spiro atoms. The van der Waals surface area contributed by atoms with Gasteiger partial charge in [0.25, 0.3) is 0 Å². The van der Waals surface area contributed by atoms with Crippen molar-refractivity contribution in [2.45, 2.75) is 6.92 Å². The number of thiophene rings is 1. The Morgan fingerprint density at radius 1 is 1.03 bits per heavy atom. The molecule has 3 rings (SSSR count). The fraction of sp³-hybridized carbons (Fsp3) is 0.100. The molecular formula is C20H15Cl2FN2O3S. The number of benzene rings is 2. The summed E-state index contributed by atoms with van der Waals surface area (Å²) in [6.45, 7) is 1.88. The SMILES string of the molecule is CCOC(=O)c1sc(-c2ccc(F)cc2)cc1NC(=O)Nc1ccc(Cl)c(Cl)c1. The molecule has 1 heterocycles. The Kier molecular flexibility index (Phi) is 6.74. The first-order valence-corrected chi connectivity index (χ1v) is 10.0. The van der Waals surface area contributed by atoms with Crippen molar-refractivity contribution in [1.82, 2.24) is 0 Å². The number of ether oxygens (including phenoxy) is 1. The first-order chi connectivity index (χ1) is 13.9. The van der Waals surface area contributed by atoms with Gasteiger partial charge in [0, 0.05) is 10.6 Å². The third-order valence-electron chi connectivity index (χ3n) is 3.75. The summed E-state index contributed by atoms with van der Waals surface area (Å²) in [7, 11) is 0. The van der Waals surface area contributed by atoms with E-state index in [1.54, 1.807) is 37.3 Å². The van der Waals surface area contributed by atoms with E-state index in [9.17, 15) is 14.0 Å². The van der Waals surface area contributed by atoms with Crippen LogP contribution in [0.15, 0.2) is 48.5 Å². The highest BCUT2D eigenvalue weighted by molar-refractivity contribution is 7.18. The first kappa shape index (κ1) is 21.1. The molecule has 29 heavy (non-hydrogen) atoms. The largest absolute Gasteiger partial charge is 0.462 e. The molecule has 2 amide bonds. The average Bonchev–Trinajstić information content (AvgIpc) is 3.09. The number of halogens is 3. The molecule has 0 saturated carbocycles. The molecular weight excluding hydrogens is 438 g/mol. The van der Waals surface area contributed by atoms with Crippen molar-refractivity contribution in [3.8, 4) is 10.4 Å². The van der Waals surface area contributed by atoms with Crippen LogP contribution in [-0.2, 0) is 4.74 Å². The van der Waals surface area contributed by atoms with Gasteiger partial charge in [0.05, 0.1) is 22.3 Å². The van der Waals surface area contributed by atoms with Crippen molar-refractivity contribution >= 4 is 57.9 Å². The second-order valence-corrected chi connectivity index (χ2v) is 7.66. The maximum absolute atomic E-state index is 13.2. The Bertz CT molecular complexity index is 1050. The second kappa shape index (κ2) is 9.26. The predicted molar refractivity (Wildman–Crippen MR) is 115 cm³/mol. The van der Waals surface area contributed by atoms with E-state index in [-0.39, 0.29) is 23.0 Å². The number of esters is 1. The van der Waals surface area contributed by atoms with E-state index in [1.165, 1.54) is 18.2 Å². The lowest BCUT2D eigenvalue weighted by atomic mass is 10.2. The third-order valence-corrected chi connectivity index (χ3v) is 5.65. The van der Waals surface area contributed by atoms with Crippen LogP contribution in [-0.4, -0.2) is 18.6 Å². The van der Waals surface area contributed by atoms with Crippen molar-refractivity contribution in [1.29, 1.82) is 0 Å².